The third kappa shape index (κ3) is 4.84. The molecule has 0 radical (unpaired) electrons. The monoisotopic (exact) mass is 428 g/mol. The summed E-state index contributed by atoms with van der Waals surface area (Å²) in [4.78, 5) is 14.3. The summed E-state index contributed by atoms with van der Waals surface area (Å²) in [6, 6.07) is 21.4. The summed E-state index contributed by atoms with van der Waals surface area (Å²) in [5.41, 5.74) is 6.76. The van der Waals surface area contributed by atoms with Crippen LogP contribution < -0.4 is 0 Å². The minimum Gasteiger partial charge on any atom is -0.255 e. The van der Waals surface area contributed by atoms with Gasteiger partial charge in [0, 0.05) is 31.9 Å². The molecule has 0 unspecified atom stereocenters. The minimum absolute atomic E-state index is 1.01. The van der Waals surface area contributed by atoms with E-state index in [1.165, 1.54) is 41.8 Å². The molecule has 0 saturated heterocycles. The van der Waals surface area contributed by atoms with Crippen LogP contribution in [0.3, 0.4) is 0 Å². The van der Waals surface area contributed by atoms with Crippen LogP contribution in [-0.4, -0.2) is 12.4 Å². The van der Waals surface area contributed by atoms with Crippen LogP contribution in [0.5, 0.6) is 0 Å². The molecule has 0 amide bonds. The molecule has 0 atom stereocenters. The lowest BCUT2D eigenvalue weighted by Gasteiger charge is -2.08. The molecule has 4 aromatic rings. The van der Waals surface area contributed by atoms with Crippen molar-refractivity contribution in [3.8, 4) is 11.1 Å². The molecule has 4 rings (SSSR count). The van der Waals surface area contributed by atoms with E-state index in [0.717, 1.165) is 11.4 Å². The molecular weight excluding hydrogens is 404 g/mol. The van der Waals surface area contributed by atoms with Crippen molar-refractivity contribution in [1.82, 2.24) is 0 Å². The topological polar surface area (TPSA) is 24.7 Å². The Kier molecular flexibility index (Phi) is 6.07. The number of thiophene rings is 2. The van der Waals surface area contributed by atoms with Crippen molar-refractivity contribution in [3.05, 3.63) is 91.3 Å². The smallest absolute Gasteiger partial charge is 0.0659 e. The van der Waals surface area contributed by atoms with Gasteiger partial charge in [-0.25, -0.2) is 0 Å². The van der Waals surface area contributed by atoms with E-state index in [1.54, 1.807) is 22.7 Å². The number of hydrogen-bond acceptors (Lipinski definition) is 4. The lowest BCUT2D eigenvalue weighted by molar-refractivity contribution is 1.38. The summed E-state index contributed by atoms with van der Waals surface area (Å²) in [5.74, 6) is 0. The van der Waals surface area contributed by atoms with Crippen LogP contribution in [0.4, 0.5) is 11.4 Å². The molecule has 0 bridgehead atoms. The van der Waals surface area contributed by atoms with E-state index in [4.69, 9.17) is 0 Å². The summed E-state index contributed by atoms with van der Waals surface area (Å²) < 4.78 is 0. The number of aryl methyl sites for hydroxylation is 4. The van der Waals surface area contributed by atoms with E-state index in [2.05, 4.69) is 98.3 Å². The molecule has 0 aliphatic carbocycles. The van der Waals surface area contributed by atoms with Crippen LogP contribution in [0.25, 0.3) is 11.1 Å². The van der Waals surface area contributed by atoms with Gasteiger partial charge in [-0.2, -0.15) is 0 Å². The first-order chi connectivity index (χ1) is 14.5. The zero-order chi connectivity index (χ0) is 21.1. The van der Waals surface area contributed by atoms with Gasteiger partial charge in [0.05, 0.1) is 11.4 Å². The molecule has 150 valence electrons. The summed E-state index contributed by atoms with van der Waals surface area (Å²) in [6.45, 7) is 8.46. The van der Waals surface area contributed by atoms with E-state index >= 15 is 0 Å². The van der Waals surface area contributed by atoms with Crippen molar-refractivity contribution in [2.24, 2.45) is 9.98 Å². The van der Waals surface area contributed by atoms with Crippen LogP contribution in [0.15, 0.2) is 70.6 Å². The van der Waals surface area contributed by atoms with Crippen molar-refractivity contribution in [2.75, 3.05) is 0 Å². The van der Waals surface area contributed by atoms with Crippen LogP contribution in [-0.2, 0) is 0 Å². The standard InChI is InChI=1S/C26H24N2S2/c1-17-13-21(7-11-25(17)27-15-23-9-5-19(3)29-23)22-8-12-26(18(2)14-22)28-16-24-10-6-20(4)30-24/h5-16H,1-4H3. The highest BCUT2D eigenvalue weighted by molar-refractivity contribution is 7.13. The van der Waals surface area contributed by atoms with Gasteiger partial charge in [0.2, 0.25) is 0 Å². The number of nitrogens with zero attached hydrogens (tertiary/aromatic N) is 2. The van der Waals surface area contributed by atoms with Crippen molar-refractivity contribution in [1.29, 1.82) is 0 Å². The minimum atomic E-state index is 1.01. The normalized spacial score (nSPS) is 11.7. The van der Waals surface area contributed by atoms with E-state index in [-0.39, 0.29) is 0 Å². The van der Waals surface area contributed by atoms with Gasteiger partial charge in [-0.3, -0.25) is 9.98 Å². The van der Waals surface area contributed by atoms with Crippen molar-refractivity contribution >= 4 is 46.5 Å². The Morgan fingerprint density at radius 3 is 1.33 bits per heavy atom. The van der Waals surface area contributed by atoms with Crippen LogP contribution in [0, 0.1) is 27.7 Å². The molecule has 0 N–H and O–H groups in total. The Morgan fingerprint density at radius 1 is 0.567 bits per heavy atom. The summed E-state index contributed by atoms with van der Waals surface area (Å²) >= 11 is 3.52. The third-order valence-electron chi connectivity index (χ3n) is 4.91. The Hall–Kier alpha value is -2.82. The largest absolute Gasteiger partial charge is 0.255 e. The molecular formula is C26H24N2S2. The Balaban J connectivity index is 1.53. The van der Waals surface area contributed by atoms with E-state index < -0.39 is 0 Å². The van der Waals surface area contributed by atoms with Gasteiger partial charge < -0.3 is 0 Å². The van der Waals surface area contributed by atoms with Gasteiger partial charge in [-0.1, -0.05) is 12.1 Å². The van der Waals surface area contributed by atoms with E-state index in [0.29, 0.717) is 0 Å². The molecule has 0 spiro atoms. The van der Waals surface area contributed by atoms with Gasteiger partial charge in [-0.05, 0) is 98.5 Å². The first kappa shape index (κ1) is 20.5. The van der Waals surface area contributed by atoms with Crippen LogP contribution in [0.1, 0.15) is 30.6 Å². The average molecular weight is 429 g/mol. The summed E-state index contributed by atoms with van der Waals surface area (Å²) in [5, 5.41) is 0. The molecule has 4 heteroatoms. The molecule has 2 nitrogen and oxygen atoms in total. The highest BCUT2D eigenvalue weighted by Gasteiger charge is 2.05. The van der Waals surface area contributed by atoms with Gasteiger partial charge in [0.25, 0.3) is 0 Å². The third-order valence-corrected chi connectivity index (χ3v) is 6.78. The fourth-order valence-corrected chi connectivity index (χ4v) is 4.77. The Bertz CT molecular complexity index is 1140. The first-order valence-electron chi connectivity index (χ1n) is 9.90. The summed E-state index contributed by atoms with van der Waals surface area (Å²) in [6.07, 6.45) is 3.90. The van der Waals surface area contributed by atoms with E-state index in [9.17, 15) is 0 Å². The number of hydrogen-bond donors (Lipinski definition) is 0. The molecule has 2 aromatic carbocycles. The fraction of sp³-hybridized carbons (Fsp3) is 0.154. The van der Waals surface area contributed by atoms with Crippen LogP contribution in [0.2, 0.25) is 0 Å². The second-order valence-corrected chi connectivity index (χ2v) is 10.1. The fourth-order valence-electron chi connectivity index (χ4n) is 3.27. The highest BCUT2D eigenvalue weighted by Crippen LogP contribution is 2.30. The Morgan fingerprint density at radius 2 is 1.00 bits per heavy atom. The number of aliphatic imine (C=N–C) groups is 2. The van der Waals surface area contributed by atoms with Gasteiger partial charge in [0.1, 0.15) is 0 Å². The van der Waals surface area contributed by atoms with Crippen molar-refractivity contribution in [2.45, 2.75) is 27.7 Å². The maximum Gasteiger partial charge on any atom is 0.0659 e. The Labute approximate surface area is 186 Å². The lowest BCUT2D eigenvalue weighted by atomic mass is 10.00. The SMILES string of the molecule is Cc1ccc(C=Nc2ccc(-c3ccc(N=Cc4ccc(C)s4)c(C)c3)cc2C)s1. The maximum absolute atomic E-state index is 4.68. The zero-order valence-corrected chi connectivity index (χ0v) is 19.3. The molecule has 2 heterocycles. The molecule has 2 aromatic heterocycles. The maximum atomic E-state index is 4.68. The number of benzene rings is 2. The zero-order valence-electron chi connectivity index (χ0n) is 17.6. The second-order valence-electron chi connectivity index (χ2n) is 7.42. The quantitative estimate of drug-likeness (QED) is 0.286. The van der Waals surface area contributed by atoms with Crippen molar-refractivity contribution in [3.63, 3.8) is 0 Å². The molecule has 30 heavy (non-hydrogen) atoms. The molecule has 0 saturated carbocycles. The predicted octanol–water partition coefficient (Wildman–Crippen LogP) is 8.21. The summed E-state index contributed by atoms with van der Waals surface area (Å²) in [7, 11) is 0. The van der Waals surface area contributed by atoms with Crippen molar-refractivity contribution < 1.29 is 0 Å². The van der Waals surface area contributed by atoms with Crippen LogP contribution >= 0.6 is 22.7 Å². The predicted molar refractivity (Wildman–Crippen MR) is 134 cm³/mol. The van der Waals surface area contributed by atoms with Gasteiger partial charge in [-0.15, -0.1) is 22.7 Å². The molecule has 0 fully saturated rings. The number of rotatable bonds is 5. The second kappa shape index (κ2) is 8.90. The van der Waals surface area contributed by atoms with E-state index in [1.807, 2.05) is 12.4 Å². The highest BCUT2D eigenvalue weighted by atomic mass is 32.1. The van der Waals surface area contributed by atoms with Gasteiger partial charge in [0.15, 0.2) is 0 Å². The average Bonchev–Trinajstić information content (AvgIpc) is 3.33. The molecule has 0 aliphatic rings. The first-order valence-corrected chi connectivity index (χ1v) is 11.5. The van der Waals surface area contributed by atoms with Gasteiger partial charge >= 0.3 is 0 Å². The molecule has 0 aliphatic heterocycles. The lowest BCUT2D eigenvalue weighted by Crippen LogP contribution is -1.84.